The van der Waals surface area contributed by atoms with E-state index in [9.17, 15) is 13.8 Å². The maximum absolute atomic E-state index is 12.0. The molecule has 1 unspecified atom stereocenters. The van der Waals surface area contributed by atoms with Crippen molar-refractivity contribution in [1.82, 2.24) is 5.32 Å². The van der Waals surface area contributed by atoms with Gasteiger partial charge in [0.05, 0.1) is 0 Å². The minimum atomic E-state index is -1.20. The van der Waals surface area contributed by atoms with E-state index in [1.54, 1.807) is 13.2 Å². The molecule has 1 atom stereocenters. The molecule has 23 heavy (non-hydrogen) atoms. The summed E-state index contributed by atoms with van der Waals surface area (Å²) in [5.41, 5.74) is 2.25. The number of rotatable bonds is 6. The van der Waals surface area contributed by atoms with Gasteiger partial charge in [0.1, 0.15) is 0 Å². The van der Waals surface area contributed by atoms with Crippen molar-refractivity contribution in [3.8, 4) is 0 Å². The number of carboxylic acid groups (broad SMARTS) is 1. The molecule has 1 aromatic carbocycles. The maximum Gasteiger partial charge on any atom is 0.372 e. The summed E-state index contributed by atoms with van der Waals surface area (Å²) in [6, 6.07) is 8.82. The SMILES string of the molecule is Cc1cc(C(=O)NCc2ccc(CS(C)=O)cc2)oc1C(=O)O. The lowest BCUT2D eigenvalue weighted by Gasteiger charge is -2.05. The molecule has 0 radical (unpaired) electrons. The monoisotopic (exact) mass is 335 g/mol. The van der Waals surface area contributed by atoms with Crippen LogP contribution in [-0.2, 0) is 23.1 Å². The van der Waals surface area contributed by atoms with Crippen LogP contribution in [0.15, 0.2) is 34.7 Å². The average Bonchev–Trinajstić information content (AvgIpc) is 2.88. The third kappa shape index (κ3) is 4.53. The van der Waals surface area contributed by atoms with E-state index in [1.165, 1.54) is 6.07 Å². The quantitative estimate of drug-likeness (QED) is 0.842. The second kappa shape index (κ2) is 7.23. The molecule has 0 fully saturated rings. The van der Waals surface area contributed by atoms with Crippen LogP contribution in [0.25, 0.3) is 0 Å². The van der Waals surface area contributed by atoms with Gasteiger partial charge in [0.2, 0.25) is 5.76 Å². The fourth-order valence-corrected chi connectivity index (χ4v) is 2.73. The van der Waals surface area contributed by atoms with Gasteiger partial charge in [-0.05, 0) is 24.1 Å². The molecule has 0 aliphatic rings. The molecule has 2 rings (SSSR count). The molecule has 1 amide bonds. The van der Waals surface area contributed by atoms with Crippen LogP contribution in [-0.4, -0.2) is 27.4 Å². The Morgan fingerprint density at radius 1 is 1.22 bits per heavy atom. The zero-order chi connectivity index (χ0) is 17.0. The summed E-state index contributed by atoms with van der Waals surface area (Å²) in [5.74, 6) is -1.44. The number of benzene rings is 1. The first-order valence-corrected chi connectivity index (χ1v) is 8.59. The van der Waals surface area contributed by atoms with E-state index in [0.717, 1.165) is 11.1 Å². The lowest BCUT2D eigenvalue weighted by molar-refractivity contribution is 0.0658. The van der Waals surface area contributed by atoms with Crippen molar-refractivity contribution in [1.29, 1.82) is 0 Å². The van der Waals surface area contributed by atoms with Gasteiger partial charge in [0.15, 0.2) is 5.76 Å². The molecular weight excluding hydrogens is 318 g/mol. The van der Waals surface area contributed by atoms with Gasteiger partial charge in [-0.1, -0.05) is 24.3 Å². The highest BCUT2D eigenvalue weighted by Gasteiger charge is 2.18. The van der Waals surface area contributed by atoms with Crippen molar-refractivity contribution >= 4 is 22.7 Å². The van der Waals surface area contributed by atoms with E-state index < -0.39 is 22.7 Å². The van der Waals surface area contributed by atoms with Gasteiger partial charge < -0.3 is 14.8 Å². The molecule has 0 saturated heterocycles. The molecular formula is C16H17NO5S. The molecule has 0 saturated carbocycles. The molecule has 7 heteroatoms. The van der Waals surface area contributed by atoms with Crippen molar-refractivity contribution in [2.75, 3.05) is 6.26 Å². The molecule has 0 spiro atoms. The van der Waals surface area contributed by atoms with Crippen molar-refractivity contribution in [3.05, 3.63) is 58.5 Å². The Balaban J connectivity index is 1.97. The van der Waals surface area contributed by atoms with E-state index in [0.29, 0.717) is 11.3 Å². The zero-order valence-corrected chi connectivity index (χ0v) is 13.6. The second-order valence-corrected chi connectivity index (χ2v) is 6.58. The number of amides is 1. The normalized spacial score (nSPS) is 11.9. The fourth-order valence-electron chi connectivity index (χ4n) is 2.06. The Hall–Kier alpha value is -2.41. The fraction of sp³-hybridized carbons (Fsp3) is 0.250. The third-order valence-corrected chi connectivity index (χ3v) is 3.92. The lowest BCUT2D eigenvalue weighted by Crippen LogP contribution is -2.22. The molecule has 0 aliphatic carbocycles. The smallest absolute Gasteiger partial charge is 0.372 e. The zero-order valence-electron chi connectivity index (χ0n) is 12.8. The minimum Gasteiger partial charge on any atom is -0.475 e. The van der Waals surface area contributed by atoms with Gasteiger partial charge in [-0.2, -0.15) is 0 Å². The Morgan fingerprint density at radius 2 is 1.83 bits per heavy atom. The topological polar surface area (TPSA) is 96.6 Å². The summed E-state index contributed by atoms with van der Waals surface area (Å²) in [5, 5.41) is 11.6. The van der Waals surface area contributed by atoms with Crippen LogP contribution in [0.5, 0.6) is 0 Å². The van der Waals surface area contributed by atoms with Crippen LogP contribution in [0, 0.1) is 6.92 Å². The Kier molecular flexibility index (Phi) is 5.33. The Bertz CT molecular complexity index is 748. The van der Waals surface area contributed by atoms with Gasteiger partial charge in [0, 0.05) is 34.9 Å². The Morgan fingerprint density at radius 3 is 2.35 bits per heavy atom. The van der Waals surface area contributed by atoms with Crippen molar-refractivity contribution < 1.29 is 23.3 Å². The number of hydrogen-bond donors (Lipinski definition) is 2. The number of furan rings is 1. The van der Waals surface area contributed by atoms with Gasteiger partial charge in [-0.25, -0.2) is 4.79 Å². The maximum atomic E-state index is 12.0. The van der Waals surface area contributed by atoms with Gasteiger partial charge in [-0.15, -0.1) is 0 Å². The number of nitrogens with one attached hydrogen (secondary N) is 1. The molecule has 1 aromatic heterocycles. The van der Waals surface area contributed by atoms with Crippen molar-refractivity contribution in [2.24, 2.45) is 0 Å². The third-order valence-electron chi connectivity index (χ3n) is 3.18. The standard InChI is InChI=1S/C16H17NO5S/c1-10-7-13(22-14(10)16(19)20)15(18)17-8-11-3-5-12(6-4-11)9-23(2)21/h3-7H,8-9H2,1-2H3,(H,17,18)(H,19,20). The molecule has 0 aliphatic heterocycles. The first-order chi connectivity index (χ1) is 10.9. The highest BCUT2D eigenvalue weighted by atomic mass is 32.2. The van der Waals surface area contributed by atoms with Gasteiger partial charge in [-0.3, -0.25) is 9.00 Å². The predicted octanol–water partition coefficient (Wildman–Crippen LogP) is 2.09. The van der Waals surface area contributed by atoms with E-state index >= 15 is 0 Å². The van der Waals surface area contributed by atoms with Crippen molar-refractivity contribution in [3.63, 3.8) is 0 Å². The Labute approximate surface area is 136 Å². The summed E-state index contributed by atoms with van der Waals surface area (Å²) in [4.78, 5) is 22.9. The highest BCUT2D eigenvalue weighted by Crippen LogP contribution is 2.15. The van der Waals surface area contributed by atoms with Gasteiger partial charge >= 0.3 is 5.97 Å². The van der Waals surface area contributed by atoms with Crippen LogP contribution < -0.4 is 5.32 Å². The largest absolute Gasteiger partial charge is 0.475 e. The van der Waals surface area contributed by atoms with E-state index in [-0.39, 0.29) is 18.1 Å². The van der Waals surface area contributed by atoms with E-state index in [1.807, 2.05) is 24.3 Å². The lowest BCUT2D eigenvalue weighted by atomic mass is 10.1. The molecule has 2 N–H and O–H groups in total. The molecule has 6 nitrogen and oxygen atoms in total. The number of aromatic carboxylic acids is 1. The first-order valence-electron chi connectivity index (χ1n) is 6.86. The summed E-state index contributed by atoms with van der Waals surface area (Å²) in [6.07, 6.45) is 1.64. The predicted molar refractivity (Wildman–Crippen MR) is 85.8 cm³/mol. The van der Waals surface area contributed by atoms with Crippen LogP contribution >= 0.6 is 0 Å². The average molecular weight is 335 g/mol. The van der Waals surface area contributed by atoms with Crippen molar-refractivity contribution in [2.45, 2.75) is 19.2 Å². The molecule has 1 heterocycles. The number of aryl methyl sites for hydroxylation is 1. The molecule has 2 aromatic rings. The minimum absolute atomic E-state index is 0.0297. The summed E-state index contributed by atoms with van der Waals surface area (Å²) < 4.78 is 16.2. The molecule has 122 valence electrons. The molecule has 0 bridgehead atoms. The van der Waals surface area contributed by atoms with Gasteiger partial charge in [0.25, 0.3) is 5.91 Å². The highest BCUT2D eigenvalue weighted by molar-refractivity contribution is 7.83. The van der Waals surface area contributed by atoms with Crippen LogP contribution in [0.1, 0.15) is 37.8 Å². The number of carbonyl (C=O) groups is 2. The van der Waals surface area contributed by atoms with Crippen LogP contribution in [0.3, 0.4) is 0 Å². The van der Waals surface area contributed by atoms with E-state index in [2.05, 4.69) is 5.32 Å². The summed E-state index contributed by atoms with van der Waals surface area (Å²) >= 11 is 0. The van der Waals surface area contributed by atoms with Crippen LogP contribution in [0.2, 0.25) is 0 Å². The second-order valence-electron chi connectivity index (χ2n) is 5.14. The number of hydrogen-bond acceptors (Lipinski definition) is 4. The first kappa shape index (κ1) is 17.0. The summed E-state index contributed by atoms with van der Waals surface area (Å²) in [7, 11) is -0.893. The number of carboxylic acids is 1. The van der Waals surface area contributed by atoms with E-state index in [4.69, 9.17) is 9.52 Å². The summed E-state index contributed by atoms with van der Waals surface area (Å²) in [6.45, 7) is 1.86. The van der Waals surface area contributed by atoms with Crippen LogP contribution in [0.4, 0.5) is 0 Å². The number of carbonyl (C=O) groups excluding carboxylic acids is 1.